The second-order valence-electron chi connectivity index (χ2n) is 4.39. The van der Waals surface area contributed by atoms with Crippen molar-refractivity contribution in [3.05, 3.63) is 0 Å². The maximum Gasteiger partial charge on any atom is 0.211 e. The van der Waals surface area contributed by atoms with E-state index in [1.165, 1.54) is 0 Å². The summed E-state index contributed by atoms with van der Waals surface area (Å²) in [7, 11) is 0. The molecule has 0 aromatic rings. The Bertz CT molecular complexity index is 200. The smallest absolute Gasteiger partial charge is 0.211 e. The second-order valence-corrected chi connectivity index (χ2v) is 4.39. The van der Waals surface area contributed by atoms with Crippen LogP contribution in [0.15, 0.2) is 10.2 Å². The van der Waals surface area contributed by atoms with Crippen LogP contribution in [0.25, 0.3) is 0 Å². The summed E-state index contributed by atoms with van der Waals surface area (Å²) in [6.45, 7) is 8.63. The molecule has 0 aromatic carbocycles. The minimum Gasteiger partial charge on any atom is -0.369 e. The van der Waals surface area contributed by atoms with Crippen LogP contribution in [-0.2, 0) is 0 Å². The maximum absolute atomic E-state index is 5.22. The SMILES string of the molecule is CC(C)CC(CC(C)C)=NN=C(N)N. The molecule has 0 spiro atoms. The molecule has 0 unspecified atom stereocenters. The molecule has 82 valence electrons. The third-order valence-electron chi connectivity index (χ3n) is 1.59. The van der Waals surface area contributed by atoms with Crippen LogP contribution < -0.4 is 11.5 Å². The first-order valence-corrected chi connectivity index (χ1v) is 5.06. The highest BCUT2D eigenvalue weighted by Gasteiger charge is 2.05. The molecule has 14 heavy (non-hydrogen) atoms. The molecule has 4 nitrogen and oxygen atoms in total. The van der Waals surface area contributed by atoms with E-state index >= 15 is 0 Å². The van der Waals surface area contributed by atoms with Gasteiger partial charge in [0.1, 0.15) is 0 Å². The van der Waals surface area contributed by atoms with Crippen LogP contribution in [0.4, 0.5) is 0 Å². The Labute approximate surface area is 86.5 Å². The fourth-order valence-electron chi connectivity index (χ4n) is 1.24. The Kier molecular flexibility index (Phi) is 5.92. The molecule has 0 amide bonds. The van der Waals surface area contributed by atoms with E-state index in [2.05, 4.69) is 37.9 Å². The first-order chi connectivity index (χ1) is 6.41. The normalized spacial score (nSPS) is 10.4. The average Bonchev–Trinajstić information content (AvgIpc) is 1.97. The Morgan fingerprint density at radius 3 is 1.64 bits per heavy atom. The molecule has 4 heteroatoms. The van der Waals surface area contributed by atoms with E-state index in [4.69, 9.17) is 11.5 Å². The van der Waals surface area contributed by atoms with Gasteiger partial charge in [-0.1, -0.05) is 27.7 Å². The van der Waals surface area contributed by atoms with Crippen molar-refractivity contribution in [1.29, 1.82) is 0 Å². The van der Waals surface area contributed by atoms with E-state index in [1.807, 2.05) is 0 Å². The molecule has 0 bridgehead atoms. The van der Waals surface area contributed by atoms with E-state index in [0.29, 0.717) is 11.8 Å². The summed E-state index contributed by atoms with van der Waals surface area (Å²) < 4.78 is 0. The number of nitrogens with two attached hydrogens (primary N) is 2. The summed E-state index contributed by atoms with van der Waals surface area (Å²) in [6.07, 6.45) is 1.91. The highest BCUT2D eigenvalue weighted by atomic mass is 15.3. The highest BCUT2D eigenvalue weighted by molar-refractivity contribution is 5.86. The first kappa shape index (κ1) is 12.9. The minimum absolute atomic E-state index is 0.0232. The maximum atomic E-state index is 5.22. The number of rotatable bonds is 5. The molecule has 0 saturated carbocycles. The first-order valence-electron chi connectivity index (χ1n) is 5.06. The van der Waals surface area contributed by atoms with Crippen LogP contribution in [0.5, 0.6) is 0 Å². The topological polar surface area (TPSA) is 76.8 Å². The molecule has 0 radical (unpaired) electrons. The molecule has 4 N–H and O–H groups in total. The summed E-state index contributed by atoms with van der Waals surface area (Å²) in [6, 6.07) is 0. The van der Waals surface area contributed by atoms with Gasteiger partial charge >= 0.3 is 0 Å². The van der Waals surface area contributed by atoms with Gasteiger partial charge in [-0.3, -0.25) is 0 Å². The van der Waals surface area contributed by atoms with E-state index in [0.717, 1.165) is 18.6 Å². The van der Waals surface area contributed by atoms with E-state index < -0.39 is 0 Å². The molecular weight excluding hydrogens is 176 g/mol. The van der Waals surface area contributed by atoms with Crippen molar-refractivity contribution in [2.24, 2.45) is 33.5 Å². The third-order valence-corrected chi connectivity index (χ3v) is 1.59. The van der Waals surface area contributed by atoms with Crippen LogP contribution in [0.1, 0.15) is 40.5 Å². The molecule has 0 aromatic heterocycles. The van der Waals surface area contributed by atoms with Crippen LogP contribution in [0.3, 0.4) is 0 Å². The van der Waals surface area contributed by atoms with Gasteiger partial charge in [-0.25, -0.2) is 0 Å². The van der Waals surface area contributed by atoms with E-state index in [9.17, 15) is 0 Å². The zero-order chi connectivity index (χ0) is 11.1. The molecule has 0 fully saturated rings. The molecule has 0 heterocycles. The highest BCUT2D eigenvalue weighted by Crippen LogP contribution is 2.10. The molecule has 0 aliphatic heterocycles. The fraction of sp³-hybridized carbons (Fsp3) is 0.800. The van der Waals surface area contributed by atoms with E-state index in [-0.39, 0.29) is 5.96 Å². The van der Waals surface area contributed by atoms with Gasteiger partial charge in [0.05, 0.1) is 0 Å². The lowest BCUT2D eigenvalue weighted by Crippen LogP contribution is -2.22. The summed E-state index contributed by atoms with van der Waals surface area (Å²) in [5.41, 5.74) is 11.5. The quantitative estimate of drug-likeness (QED) is 0.401. The monoisotopic (exact) mass is 198 g/mol. The zero-order valence-corrected chi connectivity index (χ0v) is 9.62. The van der Waals surface area contributed by atoms with Gasteiger partial charge in [0.25, 0.3) is 0 Å². The Balaban J connectivity index is 4.38. The van der Waals surface area contributed by atoms with Crippen molar-refractivity contribution in [3.8, 4) is 0 Å². The molecule has 0 aliphatic rings. The van der Waals surface area contributed by atoms with Gasteiger partial charge in [0, 0.05) is 5.71 Å². The fourth-order valence-corrected chi connectivity index (χ4v) is 1.24. The lowest BCUT2D eigenvalue weighted by Gasteiger charge is -2.09. The van der Waals surface area contributed by atoms with Crippen LogP contribution in [-0.4, -0.2) is 11.7 Å². The van der Waals surface area contributed by atoms with Gasteiger partial charge in [-0.2, -0.15) is 5.10 Å². The predicted octanol–water partition coefficient (Wildman–Crippen LogP) is 1.71. The van der Waals surface area contributed by atoms with Crippen molar-refractivity contribution in [2.45, 2.75) is 40.5 Å². The van der Waals surface area contributed by atoms with Crippen LogP contribution in [0.2, 0.25) is 0 Å². The minimum atomic E-state index is 0.0232. The summed E-state index contributed by atoms with van der Waals surface area (Å²) >= 11 is 0. The molecule has 0 atom stereocenters. The predicted molar refractivity (Wildman–Crippen MR) is 62.2 cm³/mol. The van der Waals surface area contributed by atoms with Crippen molar-refractivity contribution >= 4 is 11.7 Å². The van der Waals surface area contributed by atoms with Crippen LogP contribution >= 0.6 is 0 Å². The molecule has 0 aliphatic carbocycles. The summed E-state index contributed by atoms with van der Waals surface area (Å²) in [4.78, 5) is 0. The molecular formula is C10H22N4. The van der Waals surface area contributed by atoms with Crippen LogP contribution in [0, 0.1) is 11.8 Å². The van der Waals surface area contributed by atoms with Crippen molar-refractivity contribution in [2.75, 3.05) is 0 Å². The Hall–Kier alpha value is -1.06. The summed E-state index contributed by atoms with van der Waals surface area (Å²) in [5.74, 6) is 1.19. The van der Waals surface area contributed by atoms with E-state index in [1.54, 1.807) is 0 Å². The zero-order valence-electron chi connectivity index (χ0n) is 9.62. The average molecular weight is 198 g/mol. The van der Waals surface area contributed by atoms with Crippen molar-refractivity contribution in [3.63, 3.8) is 0 Å². The number of nitrogens with zero attached hydrogens (tertiary/aromatic N) is 2. The van der Waals surface area contributed by atoms with Gasteiger partial charge < -0.3 is 11.5 Å². The lowest BCUT2D eigenvalue weighted by molar-refractivity contribution is 0.633. The lowest BCUT2D eigenvalue weighted by atomic mass is 9.99. The third kappa shape index (κ3) is 7.58. The van der Waals surface area contributed by atoms with Gasteiger partial charge in [0.15, 0.2) is 0 Å². The van der Waals surface area contributed by atoms with Crippen molar-refractivity contribution in [1.82, 2.24) is 0 Å². The van der Waals surface area contributed by atoms with Gasteiger partial charge in [0.2, 0.25) is 5.96 Å². The summed E-state index contributed by atoms with van der Waals surface area (Å²) in [5, 5.41) is 7.75. The number of hydrogen-bond donors (Lipinski definition) is 2. The number of guanidine groups is 1. The number of hydrogen-bond acceptors (Lipinski definition) is 2. The second kappa shape index (κ2) is 6.40. The Morgan fingerprint density at radius 1 is 0.929 bits per heavy atom. The van der Waals surface area contributed by atoms with Gasteiger partial charge in [-0.05, 0) is 24.7 Å². The molecule has 0 rings (SSSR count). The largest absolute Gasteiger partial charge is 0.369 e. The van der Waals surface area contributed by atoms with Gasteiger partial charge in [-0.15, -0.1) is 5.10 Å². The standard InChI is InChI=1S/C10H22N4/c1-7(2)5-9(6-8(3)4)13-14-10(11)12/h7-8H,5-6H2,1-4H3,(H4,11,12,14). The Morgan fingerprint density at radius 2 is 1.36 bits per heavy atom. The molecule has 0 saturated heterocycles. The van der Waals surface area contributed by atoms with Crippen molar-refractivity contribution < 1.29 is 0 Å².